The Hall–Kier alpha value is -1.02. The molecule has 112 valence electrons. The minimum Gasteiger partial charge on any atom is -0.400 e. The van der Waals surface area contributed by atoms with E-state index < -0.39 is 0 Å². The van der Waals surface area contributed by atoms with Gasteiger partial charge in [-0.15, -0.1) is 5.56 Å². The Morgan fingerprint density at radius 2 is 1.65 bits per heavy atom. The SMILES string of the molecule is CCN(CC)C[c-]1cccc1N(C)C.[Fe+2].c1cc[cH-]c1. The van der Waals surface area contributed by atoms with E-state index in [2.05, 4.69) is 55.9 Å². The van der Waals surface area contributed by atoms with Gasteiger partial charge in [-0.25, -0.2) is 18.2 Å². The van der Waals surface area contributed by atoms with Crippen molar-refractivity contribution >= 4 is 5.69 Å². The fraction of sp³-hybridized carbons (Fsp3) is 0.412. The van der Waals surface area contributed by atoms with Gasteiger partial charge in [0.25, 0.3) is 0 Å². The third-order valence-electron chi connectivity index (χ3n) is 3.21. The van der Waals surface area contributed by atoms with Crippen LogP contribution in [-0.2, 0) is 23.6 Å². The molecule has 2 aromatic carbocycles. The van der Waals surface area contributed by atoms with Crippen LogP contribution < -0.4 is 4.90 Å². The molecular formula is C17H26FeN2. The van der Waals surface area contributed by atoms with Crippen molar-refractivity contribution in [2.24, 2.45) is 0 Å². The first kappa shape index (κ1) is 19.0. The number of rotatable bonds is 5. The fourth-order valence-electron chi connectivity index (χ4n) is 2.03. The van der Waals surface area contributed by atoms with Gasteiger partial charge < -0.3 is 9.80 Å². The summed E-state index contributed by atoms with van der Waals surface area (Å²) >= 11 is 0. The van der Waals surface area contributed by atoms with Gasteiger partial charge in [0.05, 0.1) is 0 Å². The average molecular weight is 314 g/mol. The van der Waals surface area contributed by atoms with E-state index in [9.17, 15) is 0 Å². The van der Waals surface area contributed by atoms with Crippen molar-refractivity contribution in [2.45, 2.75) is 20.4 Å². The zero-order chi connectivity index (χ0) is 14.1. The van der Waals surface area contributed by atoms with E-state index in [4.69, 9.17) is 0 Å². The summed E-state index contributed by atoms with van der Waals surface area (Å²) in [6.45, 7) is 7.72. The van der Waals surface area contributed by atoms with Gasteiger partial charge in [0, 0.05) is 14.1 Å². The van der Waals surface area contributed by atoms with Gasteiger partial charge in [0.2, 0.25) is 0 Å². The molecule has 0 N–H and O–H groups in total. The number of nitrogens with zero attached hydrogens (tertiary/aromatic N) is 2. The summed E-state index contributed by atoms with van der Waals surface area (Å²) in [5.41, 5.74) is 2.77. The van der Waals surface area contributed by atoms with Crippen LogP contribution in [0.5, 0.6) is 0 Å². The molecule has 0 heterocycles. The van der Waals surface area contributed by atoms with Crippen LogP contribution in [0.4, 0.5) is 5.69 Å². The van der Waals surface area contributed by atoms with Crippen molar-refractivity contribution in [1.82, 2.24) is 4.90 Å². The molecule has 0 aromatic heterocycles. The van der Waals surface area contributed by atoms with Gasteiger partial charge in [-0.2, -0.15) is 30.3 Å². The van der Waals surface area contributed by atoms with E-state index in [-0.39, 0.29) is 17.1 Å². The number of hydrogen-bond acceptors (Lipinski definition) is 2. The molecule has 3 heteroatoms. The minimum absolute atomic E-state index is 0. The van der Waals surface area contributed by atoms with E-state index in [1.54, 1.807) is 0 Å². The molecular weight excluding hydrogens is 288 g/mol. The van der Waals surface area contributed by atoms with Gasteiger partial charge in [0.1, 0.15) is 0 Å². The largest absolute Gasteiger partial charge is 2.00 e. The molecule has 0 unspecified atom stereocenters. The maximum Gasteiger partial charge on any atom is 2.00 e. The van der Waals surface area contributed by atoms with Gasteiger partial charge in [-0.3, -0.25) is 0 Å². The fourth-order valence-corrected chi connectivity index (χ4v) is 2.03. The van der Waals surface area contributed by atoms with Crippen molar-refractivity contribution in [1.29, 1.82) is 0 Å². The Bertz CT molecular complexity index is 397. The molecule has 0 bridgehead atoms. The monoisotopic (exact) mass is 314 g/mol. The molecule has 2 nitrogen and oxygen atoms in total. The normalized spacial score (nSPS) is 9.65. The van der Waals surface area contributed by atoms with Crippen molar-refractivity contribution < 1.29 is 17.1 Å². The maximum atomic E-state index is 2.43. The Morgan fingerprint density at radius 1 is 1.05 bits per heavy atom. The van der Waals surface area contributed by atoms with Crippen LogP contribution >= 0.6 is 0 Å². The van der Waals surface area contributed by atoms with Crippen molar-refractivity contribution in [3.63, 3.8) is 0 Å². The van der Waals surface area contributed by atoms with Crippen LogP contribution in [0.25, 0.3) is 0 Å². The molecule has 2 aromatic rings. The second kappa shape index (κ2) is 10.7. The first-order chi connectivity index (χ1) is 9.19. The molecule has 0 radical (unpaired) electrons. The average Bonchev–Trinajstić information content (AvgIpc) is 3.09. The summed E-state index contributed by atoms with van der Waals surface area (Å²) in [6.07, 6.45) is 0. The standard InChI is InChI=1S/C12H21N2.C5H5.Fe/c1-5-14(6-2)10-11-8-7-9-12(11)13(3)4;1-2-4-5-3-1;/h7-9H,5-6,10H2,1-4H3;1-5H;/q2*-1;+2. The summed E-state index contributed by atoms with van der Waals surface area (Å²) < 4.78 is 0. The third kappa shape index (κ3) is 6.42. The quantitative estimate of drug-likeness (QED) is 0.613. The predicted molar refractivity (Wildman–Crippen MR) is 85.0 cm³/mol. The molecule has 0 aliphatic rings. The molecule has 0 saturated heterocycles. The van der Waals surface area contributed by atoms with E-state index in [1.165, 1.54) is 11.3 Å². The van der Waals surface area contributed by atoms with Crippen molar-refractivity contribution in [3.05, 3.63) is 54.1 Å². The second-order valence-electron chi connectivity index (χ2n) is 4.75. The zero-order valence-electron chi connectivity index (χ0n) is 13.0. The van der Waals surface area contributed by atoms with Crippen LogP contribution in [0.3, 0.4) is 0 Å². The molecule has 0 aliphatic carbocycles. The Morgan fingerprint density at radius 3 is 2.05 bits per heavy atom. The van der Waals surface area contributed by atoms with Crippen LogP contribution in [0.1, 0.15) is 19.4 Å². The summed E-state index contributed by atoms with van der Waals surface area (Å²) in [5.74, 6) is 0. The maximum absolute atomic E-state index is 2.43. The molecule has 0 amide bonds. The second-order valence-corrected chi connectivity index (χ2v) is 4.75. The summed E-state index contributed by atoms with van der Waals surface area (Å²) in [4.78, 5) is 4.61. The summed E-state index contributed by atoms with van der Waals surface area (Å²) in [5, 5.41) is 0. The Labute approximate surface area is 134 Å². The number of hydrogen-bond donors (Lipinski definition) is 0. The Balaban J connectivity index is 0.000000507. The van der Waals surface area contributed by atoms with Crippen molar-refractivity contribution in [2.75, 3.05) is 32.1 Å². The molecule has 0 spiro atoms. The molecule has 20 heavy (non-hydrogen) atoms. The van der Waals surface area contributed by atoms with Gasteiger partial charge in [-0.05, 0) is 19.6 Å². The Kier molecular flexibility index (Phi) is 10.2. The molecule has 0 atom stereocenters. The topological polar surface area (TPSA) is 6.48 Å². The van der Waals surface area contributed by atoms with Crippen LogP contribution in [0.15, 0.2) is 48.5 Å². The summed E-state index contributed by atoms with van der Waals surface area (Å²) in [7, 11) is 4.20. The third-order valence-corrected chi connectivity index (χ3v) is 3.21. The van der Waals surface area contributed by atoms with Gasteiger partial charge >= 0.3 is 17.1 Å². The molecule has 0 saturated carbocycles. The smallest absolute Gasteiger partial charge is 0.400 e. The van der Waals surface area contributed by atoms with Crippen LogP contribution in [0, 0.1) is 0 Å². The van der Waals surface area contributed by atoms with Gasteiger partial charge in [-0.1, -0.05) is 19.5 Å². The molecule has 2 rings (SSSR count). The molecule has 0 aliphatic heterocycles. The first-order valence-electron chi connectivity index (χ1n) is 7.00. The van der Waals surface area contributed by atoms with Crippen LogP contribution in [-0.4, -0.2) is 32.1 Å². The van der Waals surface area contributed by atoms with Crippen LogP contribution in [0.2, 0.25) is 0 Å². The minimum atomic E-state index is 0. The van der Waals surface area contributed by atoms with E-state index in [1.807, 2.05) is 30.3 Å². The zero-order valence-corrected chi connectivity index (χ0v) is 14.1. The first-order valence-corrected chi connectivity index (χ1v) is 7.00. The van der Waals surface area contributed by atoms with E-state index in [0.29, 0.717) is 0 Å². The summed E-state index contributed by atoms with van der Waals surface area (Å²) in [6, 6.07) is 16.5. The number of anilines is 1. The van der Waals surface area contributed by atoms with Crippen molar-refractivity contribution in [3.8, 4) is 0 Å². The van der Waals surface area contributed by atoms with Gasteiger partial charge in [0.15, 0.2) is 0 Å². The van der Waals surface area contributed by atoms with E-state index >= 15 is 0 Å². The molecule has 0 fully saturated rings. The predicted octanol–water partition coefficient (Wildman–Crippen LogP) is 3.72. The van der Waals surface area contributed by atoms with E-state index in [0.717, 1.165) is 19.6 Å².